The van der Waals surface area contributed by atoms with Gasteiger partial charge in [-0.2, -0.15) is 0 Å². The summed E-state index contributed by atoms with van der Waals surface area (Å²) in [5.74, 6) is 7.50. The Labute approximate surface area is 178 Å². The molecule has 0 bridgehead atoms. The molecule has 2 N–H and O–H groups in total. The third kappa shape index (κ3) is 5.95. The molecule has 1 aliphatic heterocycles. The predicted molar refractivity (Wildman–Crippen MR) is 119 cm³/mol. The van der Waals surface area contributed by atoms with Gasteiger partial charge < -0.3 is 9.64 Å². The monoisotopic (exact) mass is 416 g/mol. The molecule has 156 valence electrons. The van der Waals surface area contributed by atoms with E-state index >= 15 is 0 Å². The summed E-state index contributed by atoms with van der Waals surface area (Å²) in [7, 11) is 0. The van der Waals surface area contributed by atoms with Crippen molar-refractivity contribution in [3.63, 3.8) is 0 Å². The molecule has 0 saturated heterocycles. The zero-order chi connectivity index (χ0) is 19.9. The van der Waals surface area contributed by atoms with Crippen molar-refractivity contribution in [3.8, 4) is 5.75 Å². The predicted octanol–water partition coefficient (Wildman–Crippen LogP) is 2.88. The van der Waals surface area contributed by atoms with Gasteiger partial charge in [-0.25, -0.2) is 5.84 Å². The lowest BCUT2D eigenvalue weighted by atomic mass is 10.0. The van der Waals surface area contributed by atoms with Crippen molar-refractivity contribution in [3.05, 3.63) is 65.2 Å². The lowest BCUT2D eigenvalue weighted by Crippen LogP contribution is -2.34. The van der Waals surface area contributed by atoms with Gasteiger partial charge in [0.1, 0.15) is 11.6 Å². The molecule has 2 aromatic rings. The quantitative estimate of drug-likeness (QED) is 0.671. The number of hydrogen-bond donors (Lipinski definition) is 1. The second-order valence-electron chi connectivity index (χ2n) is 6.77. The fourth-order valence-electron chi connectivity index (χ4n) is 3.24. The van der Waals surface area contributed by atoms with E-state index in [1.165, 1.54) is 11.1 Å². The van der Waals surface area contributed by atoms with E-state index in [9.17, 15) is 4.79 Å². The van der Waals surface area contributed by atoms with Crippen molar-refractivity contribution in [2.75, 3.05) is 32.8 Å². The van der Waals surface area contributed by atoms with Crippen LogP contribution in [0, 0.1) is 0 Å². The molecule has 0 aliphatic carbocycles. The Kier molecular flexibility index (Phi) is 8.49. The smallest absolute Gasteiger partial charge is 0.260 e. The van der Waals surface area contributed by atoms with Crippen LogP contribution in [0.5, 0.6) is 5.75 Å². The third-order valence-electron chi connectivity index (χ3n) is 4.90. The zero-order valence-corrected chi connectivity index (χ0v) is 17.8. The molecule has 0 spiro atoms. The Morgan fingerprint density at radius 1 is 1.07 bits per heavy atom. The number of hydrogen-bond acceptors (Lipinski definition) is 5. The molecule has 1 aliphatic rings. The van der Waals surface area contributed by atoms with E-state index in [1.807, 2.05) is 38.1 Å². The van der Waals surface area contributed by atoms with Gasteiger partial charge in [-0.05, 0) is 43.5 Å². The molecule has 0 radical (unpaired) electrons. The number of amidine groups is 1. The van der Waals surface area contributed by atoms with Crippen molar-refractivity contribution < 1.29 is 9.53 Å². The van der Waals surface area contributed by atoms with Gasteiger partial charge in [0.2, 0.25) is 0 Å². The second kappa shape index (κ2) is 10.8. The first-order valence-corrected chi connectivity index (χ1v) is 9.76. The van der Waals surface area contributed by atoms with Crippen LogP contribution in [-0.2, 0) is 11.2 Å². The number of aliphatic imine (C=N–C) groups is 1. The number of nitrogens with zero attached hydrogens (tertiary/aromatic N) is 3. The van der Waals surface area contributed by atoms with Crippen LogP contribution in [0.4, 0.5) is 0 Å². The average molecular weight is 417 g/mol. The largest absolute Gasteiger partial charge is 0.484 e. The van der Waals surface area contributed by atoms with Gasteiger partial charge in [0, 0.05) is 18.7 Å². The van der Waals surface area contributed by atoms with Gasteiger partial charge in [0.15, 0.2) is 6.61 Å². The van der Waals surface area contributed by atoms with Crippen LogP contribution in [-0.4, -0.2) is 54.4 Å². The van der Waals surface area contributed by atoms with Crippen molar-refractivity contribution in [1.29, 1.82) is 0 Å². The Morgan fingerprint density at radius 3 is 2.17 bits per heavy atom. The maximum atomic E-state index is 12.0. The third-order valence-corrected chi connectivity index (χ3v) is 4.90. The molecule has 1 amide bonds. The average Bonchev–Trinajstić information content (AvgIpc) is 3.15. The van der Waals surface area contributed by atoms with E-state index in [1.54, 1.807) is 9.91 Å². The summed E-state index contributed by atoms with van der Waals surface area (Å²) < 4.78 is 5.62. The Balaban J connectivity index is 0.00000300. The Bertz CT molecular complexity index is 818. The van der Waals surface area contributed by atoms with Crippen LogP contribution in [0.15, 0.2) is 53.5 Å². The lowest BCUT2D eigenvalue weighted by molar-refractivity contribution is -0.132. The summed E-state index contributed by atoms with van der Waals surface area (Å²) in [5, 5.41) is 1.69. The number of carbonyl (C=O) groups is 1. The molecule has 1 heterocycles. The molecule has 3 rings (SSSR count). The van der Waals surface area contributed by atoms with E-state index in [4.69, 9.17) is 10.6 Å². The summed E-state index contributed by atoms with van der Waals surface area (Å²) >= 11 is 0. The van der Waals surface area contributed by atoms with E-state index < -0.39 is 0 Å². The van der Waals surface area contributed by atoms with Crippen LogP contribution in [0.1, 0.15) is 30.5 Å². The minimum atomic E-state index is 0. The van der Waals surface area contributed by atoms with Gasteiger partial charge in [-0.15, -0.1) is 12.4 Å². The number of likely N-dealkylation sites (N-methyl/N-ethyl adjacent to an activating group) is 1. The molecular formula is C22H29ClN4O2. The van der Waals surface area contributed by atoms with Gasteiger partial charge >= 0.3 is 0 Å². The van der Waals surface area contributed by atoms with Gasteiger partial charge in [0.05, 0.1) is 13.1 Å². The fraction of sp³-hybridized carbons (Fsp3) is 0.364. The molecule has 29 heavy (non-hydrogen) atoms. The normalized spacial score (nSPS) is 12.9. The maximum absolute atomic E-state index is 12.0. The number of rotatable bonds is 8. The molecule has 0 atom stereocenters. The van der Waals surface area contributed by atoms with E-state index in [2.05, 4.69) is 29.3 Å². The number of benzene rings is 2. The number of amides is 1. The minimum Gasteiger partial charge on any atom is -0.484 e. The van der Waals surface area contributed by atoms with Crippen molar-refractivity contribution in [2.45, 2.75) is 20.3 Å². The van der Waals surface area contributed by atoms with Gasteiger partial charge in [-0.3, -0.25) is 14.8 Å². The molecule has 0 saturated carbocycles. The minimum absolute atomic E-state index is 0. The van der Waals surface area contributed by atoms with E-state index in [0.29, 0.717) is 18.8 Å². The summed E-state index contributed by atoms with van der Waals surface area (Å²) in [4.78, 5) is 18.2. The van der Waals surface area contributed by atoms with Crippen molar-refractivity contribution in [1.82, 2.24) is 9.91 Å². The molecule has 0 unspecified atom stereocenters. The van der Waals surface area contributed by atoms with Crippen molar-refractivity contribution in [2.24, 2.45) is 10.8 Å². The maximum Gasteiger partial charge on any atom is 0.260 e. The van der Waals surface area contributed by atoms with Gasteiger partial charge in [0.25, 0.3) is 5.91 Å². The SMILES string of the molecule is CCN(CC)C(=O)COc1ccc(Cc2ccc(C3=NCCN3N)cc2)cc1.Cl. The molecule has 7 heteroatoms. The summed E-state index contributed by atoms with van der Waals surface area (Å²) in [5.41, 5.74) is 3.45. The van der Waals surface area contributed by atoms with Crippen LogP contribution >= 0.6 is 12.4 Å². The molecular weight excluding hydrogens is 388 g/mol. The first-order valence-electron chi connectivity index (χ1n) is 9.76. The van der Waals surface area contributed by atoms with Crippen LogP contribution in [0.3, 0.4) is 0 Å². The van der Waals surface area contributed by atoms with Crippen LogP contribution in [0.2, 0.25) is 0 Å². The highest BCUT2D eigenvalue weighted by atomic mass is 35.5. The highest BCUT2D eigenvalue weighted by molar-refractivity contribution is 5.99. The van der Waals surface area contributed by atoms with Crippen LogP contribution < -0.4 is 10.6 Å². The second-order valence-corrected chi connectivity index (χ2v) is 6.77. The number of carbonyl (C=O) groups excluding carboxylic acids is 1. The van der Waals surface area contributed by atoms with E-state index in [-0.39, 0.29) is 24.9 Å². The number of nitrogens with two attached hydrogens (primary N) is 1. The lowest BCUT2D eigenvalue weighted by Gasteiger charge is -2.18. The topological polar surface area (TPSA) is 71.2 Å². The number of hydrazine groups is 1. The zero-order valence-electron chi connectivity index (χ0n) is 17.0. The first kappa shape index (κ1) is 22.7. The fourth-order valence-corrected chi connectivity index (χ4v) is 3.24. The van der Waals surface area contributed by atoms with E-state index in [0.717, 1.165) is 30.9 Å². The summed E-state index contributed by atoms with van der Waals surface area (Å²) in [6, 6.07) is 16.2. The van der Waals surface area contributed by atoms with Crippen molar-refractivity contribution >= 4 is 24.1 Å². The summed E-state index contributed by atoms with van der Waals surface area (Å²) in [6.07, 6.45) is 0.831. The highest BCUT2D eigenvalue weighted by Gasteiger charge is 2.15. The standard InChI is InChI=1S/C22H28N4O2.ClH/c1-3-25(4-2)21(27)16-28-20-11-7-18(8-12-20)15-17-5-9-19(10-6-17)22-24-13-14-26(22)23;/h5-12H,3-4,13-16,23H2,1-2H3;1H. The Morgan fingerprint density at radius 2 is 1.66 bits per heavy atom. The Hall–Kier alpha value is -2.57. The van der Waals surface area contributed by atoms with Gasteiger partial charge in [-0.1, -0.05) is 36.4 Å². The molecule has 2 aromatic carbocycles. The van der Waals surface area contributed by atoms with Crippen LogP contribution in [0.25, 0.3) is 0 Å². The molecule has 0 fully saturated rings. The first-order chi connectivity index (χ1) is 13.6. The number of halogens is 1. The summed E-state index contributed by atoms with van der Waals surface area (Å²) in [6.45, 7) is 6.94. The highest BCUT2D eigenvalue weighted by Crippen LogP contribution is 2.17. The molecule has 6 nitrogen and oxygen atoms in total. The molecule has 0 aromatic heterocycles. The number of ether oxygens (including phenoxy) is 1.